The molecule has 0 radical (unpaired) electrons. The third kappa shape index (κ3) is 2.66. The molecule has 1 unspecified atom stereocenters. The highest BCUT2D eigenvalue weighted by atomic mass is 79.9. The number of hydrogen-bond acceptors (Lipinski definition) is 3. The van der Waals surface area contributed by atoms with Crippen molar-refractivity contribution in [2.75, 3.05) is 6.61 Å². The number of hydrogen-bond donors (Lipinski definition) is 2. The summed E-state index contributed by atoms with van der Waals surface area (Å²) >= 11 is 9.31. The van der Waals surface area contributed by atoms with Crippen molar-refractivity contribution in [2.45, 2.75) is 11.4 Å². The van der Waals surface area contributed by atoms with Crippen LogP contribution in [0.15, 0.2) is 29.1 Å². The van der Waals surface area contributed by atoms with Crippen LogP contribution in [0, 0.1) is 0 Å². The molecule has 0 saturated carbocycles. The number of nitrogens with zero attached hydrogens (tertiary/aromatic N) is 2. The van der Waals surface area contributed by atoms with Crippen molar-refractivity contribution >= 4 is 27.5 Å². The van der Waals surface area contributed by atoms with Crippen molar-refractivity contribution in [3.63, 3.8) is 0 Å². The number of alkyl halides is 1. The number of aliphatic hydroxyl groups excluding tert-OH is 1. The van der Waals surface area contributed by atoms with E-state index < -0.39 is 0 Å². The topological polar surface area (TPSA) is 70.9 Å². The number of halogens is 2. The smallest absolute Gasteiger partial charge is 0.343 e. The lowest BCUT2D eigenvalue weighted by Gasteiger charge is -2.10. The van der Waals surface area contributed by atoms with E-state index in [4.69, 9.17) is 16.7 Å². The largest absolute Gasteiger partial charge is 0.395 e. The van der Waals surface area contributed by atoms with Crippen LogP contribution in [0.25, 0.3) is 0 Å². The normalized spacial score (nSPS) is 12.6. The second kappa shape index (κ2) is 5.69. The van der Waals surface area contributed by atoms with E-state index in [1.165, 1.54) is 4.57 Å². The van der Waals surface area contributed by atoms with Gasteiger partial charge in [-0.2, -0.15) is 5.10 Å². The maximum atomic E-state index is 11.5. The van der Waals surface area contributed by atoms with E-state index in [0.29, 0.717) is 10.8 Å². The zero-order chi connectivity index (χ0) is 13.1. The lowest BCUT2D eigenvalue weighted by molar-refractivity contribution is 0.272. The Morgan fingerprint density at radius 1 is 1.44 bits per heavy atom. The molecule has 96 valence electrons. The fourth-order valence-corrected chi connectivity index (χ4v) is 2.40. The van der Waals surface area contributed by atoms with Crippen molar-refractivity contribution < 1.29 is 5.11 Å². The van der Waals surface area contributed by atoms with E-state index in [2.05, 4.69) is 26.1 Å². The molecule has 1 heterocycles. The van der Waals surface area contributed by atoms with Crippen LogP contribution in [0.4, 0.5) is 0 Å². The minimum Gasteiger partial charge on any atom is -0.395 e. The number of aromatic amines is 1. The first-order chi connectivity index (χ1) is 8.63. The average molecular weight is 333 g/mol. The minimum absolute atomic E-state index is 0.118. The molecule has 0 amide bonds. The van der Waals surface area contributed by atoms with Gasteiger partial charge in [-0.1, -0.05) is 39.7 Å². The number of benzene rings is 1. The van der Waals surface area contributed by atoms with Gasteiger partial charge in [-0.05, 0) is 17.7 Å². The van der Waals surface area contributed by atoms with Gasteiger partial charge in [0.15, 0.2) is 5.82 Å². The third-order valence-corrected chi connectivity index (χ3v) is 3.69. The maximum absolute atomic E-state index is 11.5. The summed E-state index contributed by atoms with van der Waals surface area (Å²) in [6.45, 7) is 0.0904. The molecule has 1 atom stereocenters. The lowest BCUT2D eigenvalue weighted by Crippen LogP contribution is -2.21. The zero-order valence-electron chi connectivity index (χ0n) is 9.31. The van der Waals surface area contributed by atoms with E-state index in [1.54, 1.807) is 12.1 Å². The van der Waals surface area contributed by atoms with E-state index in [1.807, 2.05) is 12.1 Å². The Kier molecular flexibility index (Phi) is 4.21. The quantitative estimate of drug-likeness (QED) is 0.837. The van der Waals surface area contributed by atoms with Crippen LogP contribution in [0.1, 0.15) is 16.2 Å². The van der Waals surface area contributed by atoms with Crippen LogP contribution in [0.5, 0.6) is 0 Å². The average Bonchev–Trinajstić information content (AvgIpc) is 2.72. The van der Waals surface area contributed by atoms with Crippen LogP contribution in [0.2, 0.25) is 5.02 Å². The predicted molar refractivity (Wildman–Crippen MR) is 72.2 cm³/mol. The van der Waals surface area contributed by atoms with Gasteiger partial charge in [0, 0.05) is 5.02 Å². The van der Waals surface area contributed by atoms with Crippen LogP contribution in [-0.4, -0.2) is 26.5 Å². The van der Waals surface area contributed by atoms with Gasteiger partial charge in [0.2, 0.25) is 0 Å². The summed E-state index contributed by atoms with van der Waals surface area (Å²) in [5, 5.41) is 15.9. The van der Waals surface area contributed by atoms with E-state index in [9.17, 15) is 4.79 Å². The van der Waals surface area contributed by atoms with Crippen molar-refractivity contribution in [3.8, 4) is 0 Å². The second-order valence-corrected chi connectivity index (χ2v) is 5.03. The highest BCUT2D eigenvalue weighted by molar-refractivity contribution is 9.09. The van der Waals surface area contributed by atoms with Crippen LogP contribution in [-0.2, 0) is 6.54 Å². The second-order valence-electron chi connectivity index (χ2n) is 3.68. The van der Waals surface area contributed by atoms with Gasteiger partial charge in [0.05, 0.1) is 18.0 Å². The van der Waals surface area contributed by atoms with Crippen LogP contribution >= 0.6 is 27.5 Å². The Bertz CT molecular complexity index is 579. The monoisotopic (exact) mass is 331 g/mol. The summed E-state index contributed by atoms with van der Waals surface area (Å²) in [7, 11) is 0. The summed E-state index contributed by atoms with van der Waals surface area (Å²) in [6.07, 6.45) is 0. The molecule has 0 aliphatic carbocycles. The Morgan fingerprint density at radius 3 is 2.72 bits per heavy atom. The zero-order valence-corrected chi connectivity index (χ0v) is 11.6. The molecule has 2 rings (SSSR count). The first-order valence-electron chi connectivity index (χ1n) is 5.29. The summed E-state index contributed by atoms with van der Waals surface area (Å²) in [5.41, 5.74) is 0.593. The van der Waals surface area contributed by atoms with Gasteiger partial charge in [0.25, 0.3) is 0 Å². The number of nitrogens with one attached hydrogen (secondary N) is 1. The van der Waals surface area contributed by atoms with Crippen molar-refractivity contribution in [2.24, 2.45) is 0 Å². The van der Waals surface area contributed by atoms with Crippen LogP contribution < -0.4 is 5.69 Å². The number of aliphatic hydroxyl groups is 1. The Balaban J connectivity index is 2.36. The summed E-state index contributed by atoms with van der Waals surface area (Å²) in [4.78, 5) is 11.3. The minimum atomic E-state index is -0.336. The standard InChI is InChI=1S/C11H11BrClN3O2/c12-9(7-1-3-8(13)4-2-7)10-14-15-11(18)16(10)5-6-17/h1-4,9,17H,5-6H2,(H,15,18). The van der Waals surface area contributed by atoms with Crippen LogP contribution in [0.3, 0.4) is 0 Å². The maximum Gasteiger partial charge on any atom is 0.343 e. The van der Waals surface area contributed by atoms with Crippen molar-refractivity contribution in [3.05, 3.63) is 51.2 Å². The molecule has 1 aromatic carbocycles. The molecule has 0 aliphatic heterocycles. The fraction of sp³-hybridized carbons (Fsp3) is 0.273. The molecule has 7 heteroatoms. The van der Waals surface area contributed by atoms with Gasteiger partial charge in [0.1, 0.15) is 0 Å². The van der Waals surface area contributed by atoms with E-state index in [-0.39, 0.29) is 23.7 Å². The number of H-pyrrole nitrogens is 1. The SMILES string of the molecule is O=c1[nH]nc(C(Br)c2ccc(Cl)cc2)n1CCO. The molecule has 0 aliphatic rings. The highest BCUT2D eigenvalue weighted by Gasteiger charge is 2.18. The molecule has 18 heavy (non-hydrogen) atoms. The molecule has 0 spiro atoms. The number of rotatable bonds is 4. The van der Waals surface area contributed by atoms with Gasteiger partial charge in [-0.25, -0.2) is 9.89 Å². The van der Waals surface area contributed by atoms with Gasteiger partial charge >= 0.3 is 5.69 Å². The molecule has 0 bridgehead atoms. The van der Waals surface area contributed by atoms with Crippen molar-refractivity contribution in [1.29, 1.82) is 0 Å². The summed E-state index contributed by atoms with van der Waals surface area (Å²) < 4.78 is 1.40. The fourth-order valence-electron chi connectivity index (χ4n) is 1.62. The molecule has 0 saturated heterocycles. The Morgan fingerprint density at radius 2 is 2.11 bits per heavy atom. The van der Waals surface area contributed by atoms with Gasteiger partial charge in [-0.15, -0.1) is 0 Å². The van der Waals surface area contributed by atoms with E-state index in [0.717, 1.165) is 5.56 Å². The molecular weight excluding hydrogens is 321 g/mol. The summed E-state index contributed by atoms with van der Waals surface area (Å²) in [6, 6.07) is 7.24. The number of aromatic nitrogens is 3. The third-order valence-electron chi connectivity index (χ3n) is 2.50. The summed E-state index contributed by atoms with van der Waals surface area (Å²) in [5.74, 6) is 0.524. The molecule has 0 fully saturated rings. The first-order valence-corrected chi connectivity index (χ1v) is 6.58. The molecular formula is C11H11BrClN3O2. The first kappa shape index (κ1) is 13.3. The van der Waals surface area contributed by atoms with Crippen molar-refractivity contribution in [1.82, 2.24) is 14.8 Å². The molecule has 5 nitrogen and oxygen atoms in total. The molecule has 2 N–H and O–H groups in total. The van der Waals surface area contributed by atoms with E-state index >= 15 is 0 Å². The predicted octanol–water partition coefficient (Wildman–Crippen LogP) is 1.70. The molecule has 2 aromatic rings. The van der Waals surface area contributed by atoms with Gasteiger partial charge < -0.3 is 5.11 Å². The van der Waals surface area contributed by atoms with Gasteiger partial charge in [-0.3, -0.25) is 4.57 Å². The molecule has 1 aromatic heterocycles. The lowest BCUT2D eigenvalue weighted by atomic mass is 10.1. The Labute approximate surface area is 117 Å². The highest BCUT2D eigenvalue weighted by Crippen LogP contribution is 2.29. The Hall–Kier alpha value is -1.11.